The number of alkyl halides is 3. The minimum atomic E-state index is -4.14. The second kappa shape index (κ2) is 7.11. The minimum Gasteiger partial charge on any atom is -0.330 e. The van der Waals surface area contributed by atoms with E-state index in [1.54, 1.807) is 11.3 Å². The molecule has 0 fully saturated rings. The summed E-state index contributed by atoms with van der Waals surface area (Å²) in [6.07, 6.45) is -4.05. The average Bonchev–Trinajstić information content (AvgIpc) is 2.67. The van der Waals surface area contributed by atoms with Gasteiger partial charge in [0.05, 0.1) is 5.92 Å². The Bertz CT molecular complexity index is 349. The number of aryl methyl sites for hydroxylation is 1. The van der Waals surface area contributed by atoms with Crippen LogP contribution in [0.2, 0.25) is 0 Å². The zero-order valence-electron chi connectivity index (χ0n) is 10.4. The standard InChI is InChI=1S/C12H19F3N2S/c1-9-2-3-11(18-9)8-17-7-5-10(4-6-16)12(13,14)15/h2-3,10,17H,4-8,16H2,1H3. The van der Waals surface area contributed by atoms with Gasteiger partial charge in [0, 0.05) is 16.3 Å². The number of halogens is 3. The summed E-state index contributed by atoms with van der Waals surface area (Å²) in [5.74, 6) is -1.29. The van der Waals surface area contributed by atoms with E-state index < -0.39 is 12.1 Å². The van der Waals surface area contributed by atoms with E-state index in [0.717, 1.165) is 4.88 Å². The first kappa shape index (κ1) is 15.5. The zero-order chi connectivity index (χ0) is 13.6. The topological polar surface area (TPSA) is 38.0 Å². The summed E-state index contributed by atoms with van der Waals surface area (Å²) in [7, 11) is 0. The Morgan fingerprint density at radius 2 is 2.06 bits per heavy atom. The highest BCUT2D eigenvalue weighted by Crippen LogP contribution is 2.30. The second-order valence-electron chi connectivity index (χ2n) is 4.29. The lowest BCUT2D eigenvalue weighted by atomic mass is 10.0. The van der Waals surface area contributed by atoms with E-state index in [-0.39, 0.29) is 19.4 Å². The van der Waals surface area contributed by atoms with Crippen LogP contribution in [0.4, 0.5) is 13.2 Å². The molecule has 1 heterocycles. The fourth-order valence-corrected chi connectivity index (χ4v) is 2.60. The van der Waals surface area contributed by atoms with Gasteiger partial charge in [0.15, 0.2) is 0 Å². The molecule has 0 saturated carbocycles. The van der Waals surface area contributed by atoms with E-state index in [1.807, 2.05) is 19.1 Å². The highest BCUT2D eigenvalue weighted by molar-refractivity contribution is 7.11. The molecule has 0 bridgehead atoms. The lowest BCUT2D eigenvalue weighted by Gasteiger charge is -2.19. The van der Waals surface area contributed by atoms with Gasteiger partial charge < -0.3 is 11.1 Å². The number of hydrogen-bond acceptors (Lipinski definition) is 3. The minimum absolute atomic E-state index is 0.00326. The molecule has 1 aromatic heterocycles. The third kappa shape index (κ3) is 5.37. The lowest BCUT2D eigenvalue weighted by molar-refractivity contribution is -0.177. The Morgan fingerprint density at radius 3 is 2.56 bits per heavy atom. The van der Waals surface area contributed by atoms with Crippen LogP contribution in [0.25, 0.3) is 0 Å². The molecule has 0 spiro atoms. The van der Waals surface area contributed by atoms with Crippen LogP contribution < -0.4 is 11.1 Å². The number of rotatable bonds is 7. The van der Waals surface area contributed by atoms with Crippen molar-refractivity contribution in [1.82, 2.24) is 5.32 Å². The number of nitrogens with one attached hydrogen (secondary N) is 1. The van der Waals surface area contributed by atoms with E-state index in [1.165, 1.54) is 4.88 Å². The van der Waals surface area contributed by atoms with Crippen LogP contribution in [0.15, 0.2) is 12.1 Å². The van der Waals surface area contributed by atoms with Crippen molar-refractivity contribution in [3.8, 4) is 0 Å². The SMILES string of the molecule is Cc1ccc(CNCCC(CCN)C(F)(F)F)s1. The van der Waals surface area contributed by atoms with Gasteiger partial charge in [-0.05, 0) is 45.0 Å². The summed E-state index contributed by atoms with van der Waals surface area (Å²) in [5.41, 5.74) is 5.21. The molecule has 0 amide bonds. The molecule has 3 N–H and O–H groups in total. The van der Waals surface area contributed by atoms with E-state index in [4.69, 9.17) is 5.73 Å². The molecule has 104 valence electrons. The van der Waals surface area contributed by atoms with Crippen molar-refractivity contribution in [2.75, 3.05) is 13.1 Å². The second-order valence-corrected chi connectivity index (χ2v) is 5.67. The maximum absolute atomic E-state index is 12.6. The van der Waals surface area contributed by atoms with Crippen molar-refractivity contribution in [1.29, 1.82) is 0 Å². The summed E-state index contributed by atoms with van der Waals surface area (Å²) >= 11 is 1.66. The van der Waals surface area contributed by atoms with Crippen LogP contribution in [-0.2, 0) is 6.54 Å². The molecule has 1 aromatic rings. The summed E-state index contributed by atoms with van der Waals surface area (Å²) in [5, 5.41) is 3.05. The predicted octanol–water partition coefficient (Wildman–Crippen LogP) is 3.06. The van der Waals surface area contributed by atoms with Gasteiger partial charge in [-0.15, -0.1) is 11.3 Å². The third-order valence-corrected chi connectivity index (χ3v) is 3.74. The van der Waals surface area contributed by atoms with Crippen molar-refractivity contribution in [2.45, 2.75) is 32.5 Å². The van der Waals surface area contributed by atoms with E-state index in [9.17, 15) is 13.2 Å². The van der Waals surface area contributed by atoms with Crippen LogP contribution in [0.1, 0.15) is 22.6 Å². The van der Waals surface area contributed by atoms with Crippen LogP contribution >= 0.6 is 11.3 Å². The van der Waals surface area contributed by atoms with Gasteiger partial charge in [-0.25, -0.2) is 0 Å². The molecule has 1 atom stereocenters. The number of nitrogens with two attached hydrogens (primary N) is 1. The van der Waals surface area contributed by atoms with Crippen molar-refractivity contribution in [3.05, 3.63) is 21.9 Å². The Labute approximate surface area is 109 Å². The van der Waals surface area contributed by atoms with Crippen molar-refractivity contribution in [2.24, 2.45) is 11.7 Å². The lowest BCUT2D eigenvalue weighted by Crippen LogP contribution is -2.29. The maximum atomic E-state index is 12.6. The summed E-state index contributed by atoms with van der Waals surface area (Å²) in [6.45, 7) is 3.08. The first-order chi connectivity index (χ1) is 8.43. The molecule has 6 heteroatoms. The molecule has 1 rings (SSSR count). The van der Waals surface area contributed by atoms with E-state index in [0.29, 0.717) is 13.1 Å². The molecule has 0 saturated heterocycles. The highest BCUT2D eigenvalue weighted by Gasteiger charge is 2.38. The molecule has 0 aromatic carbocycles. The fourth-order valence-electron chi connectivity index (χ4n) is 1.74. The Balaban J connectivity index is 2.26. The van der Waals surface area contributed by atoms with Crippen molar-refractivity contribution < 1.29 is 13.2 Å². The maximum Gasteiger partial charge on any atom is 0.391 e. The van der Waals surface area contributed by atoms with Crippen LogP contribution in [0.3, 0.4) is 0 Å². The quantitative estimate of drug-likeness (QED) is 0.753. The monoisotopic (exact) mass is 280 g/mol. The average molecular weight is 280 g/mol. The van der Waals surface area contributed by atoms with E-state index >= 15 is 0 Å². The number of hydrogen-bond donors (Lipinski definition) is 2. The molecular formula is C12H19F3N2S. The molecule has 0 aliphatic carbocycles. The third-order valence-electron chi connectivity index (χ3n) is 2.74. The van der Waals surface area contributed by atoms with Crippen LogP contribution in [0.5, 0.6) is 0 Å². The molecule has 1 unspecified atom stereocenters. The highest BCUT2D eigenvalue weighted by atomic mass is 32.1. The predicted molar refractivity (Wildman–Crippen MR) is 68.6 cm³/mol. The molecular weight excluding hydrogens is 261 g/mol. The van der Waals surface area contributed by atoms with Gasteiger partial charge in [-0.3, -0.25) is 0 Å². The molecule has 2 nitrogen and oxygen atoms in total. The molecule has 0 radical (unpaired) electrons. The van der Waals surface area contributed by atoms with Gasteiger partial charge in [0.2, 0.25) is 0 Å². The van der Waals surface area contributed by atoms with E-state index in [2.05, 4.69) is 5.32 Å². The van der Waals surface area contributed by atoms with Gasteiger partial charge >= 0.3 is 6.18 Å². The summed E-state index contributed by atoms with van der Waals surface area (Å²) < 4.78 is 37.7. The van der Waals surface area contributed by atoms with Crippen LogP contribution in [0, 0.1) is 12.8 Å². The normalized spacial score (nSPS) is 13.8. The molecule has 0 aliphatic heterocycles. The first-order valence-corrected chi connectivity index (χ1v) is 6.78. The van der Waals surface area contributed by atoms with Crippen molar-refractivity contribution >= 4 is 11.3 Å². The summed E-state index contributed by atoms with van der Waals surface area (Å²) in [4.78, 5) is 2.36. The summed E-state index contributed by atoms with van der Waals surface area (Å²) in [6, 6.07) is 4.00. The zero-order valence-corrected chi connectivity index (χ0v) is 11.2. The van der Waals surface area contributed by atoms with Crippen LogP contribution in [-0.4, -0.2) is 19.3 Å². The smallest absolute Gasteiger partial charge is 0.330 e. The van der Waals surface area contributed by atoms with Crippen molar-refractivity contribution in [3.63, 3.8) is 0 Å². The first-order valence-electron chi connectivity index (χ1n) is 5.96. The van der Waals surface area contributed by atoms with Gasteiger partial charge in [0.1, 0.15) is 0 Å². The Kier molecular flexibility index (Phi) is 6.11. The van der Waals surface area contributed by atoms with Gasteiger partial charge in [-0.1, -0.05) is 0 Å². The van der Waals surface area contributed by atoms with Gasteiger partial charge in [0.25, 0.3) is 0 Å². The molecule has 18 heavy (non-hydrogen) atoms. The fraction of sp³-hybridized carbons (Fsp3) is 0.667. The Morgan fingerprint density at radius 1 is 1.33 bits per heavy atom. The molecule has 0 aliphatic rings. The van der Waals surface area contributed by atoms with Gasteiger partial charge in [-0.2, -0.15) is 13.2 Å². The largest absolute Gasteiger partial charge is 0.391 e. The number of thiophene rings is 1. The Hall–Kier alpha value is -0.590.